The highest BCUT2D eigenvalue weighted by Gasteiger charge is 2.21. The van der Waals surface area contributed by atoms with E-state index in [1.165, 1.54) is 22.6 Å². The zero-order chi connectivity index (χ0) is 19.7. The van der Waals surface area contributed by atoms with E-state index >= 15 is 0 Å². The van der Waals surface area contributed by atoms with Gasteiger partial charge in [-0.2, -0.15) is 0 Å². The van der Waals surface area contributed by atoms with E-state index in [2.05, 4.69) is 58.4 Å². The van der Waals surface area contributed by atoms with Crippen LogP contribution in [-0.2, 0) is 9.47 Å². The van der Waals surface area contributed by atoms with Crippen LogP contribution in [0.5, 0.6) is 0 Å². The van der Waals surface area contributed by atoms with Crippen molar-refractivity contribution in [2.75, 3.05) is 38.5 Å². The fourth-order valence-corrected chi connectivity index (χ4v) is 4.61. The first kappa shape index (κ1) is 20.2. The molecule has 1 fully saturated rings. The van der Waals surface area contributed by atoms with Crippen molar-refractivity contribution in [3.05, 3.63) is 78.3 Å². The molecular formula is C24H30N2O2S. The maximum Gasteiger partial charge on any atom is 0.231 e. The van der Waals surface area contributed by atoms with Gasteiger partial charge in [-0.1, -0.05) is 42.0 Å². The topological polar surface area (TPSA) is 24.9 Å². The Hall–Kier alpha value is -2.11. The number of ether oxygens (including phenoxy) is 2. The Labute approximate surface area is 178 Å². The molecule has 2 heterocycles. The number of piperazine rings is 1. The number of rotatable bonds is 8. The average Bonchev–Trinajstić information content (AvgIpc) is 2.79. The SMILES string of the molecule is C1=CCCC(CC2=COC(N3CCN(CCCSc4ccccc4)CC3)=CO2)=C1. The normalized spacial score (nSPS) is 19.7. The number of benzene rings is 1. The summed E-state index contributed by atoms with van der Waals surface area (Å²) in [5.41, 5.74) is 1.40. The van der Waals surface area contributed by atoms with Gasteiger partial charge in [0.1, 0.15) is 12.0 Å². The lowest BCUT2D eigenvalue weighted by molar-refractivity contribution is 0.0830. The maximum absolute atomic E-state index is 5.89. The van der Waals surface area contributed by atoms with Crippen molar-refractivity contribution in [3.63, 3.8) is 0 Å². The molecule has 1 aromatic rings. The van der Waals surface area contributed by atoms with Crippen LogP contribution in [0.25, 0.3) is 0 Å². The van der Waals surface area contributed by atoms with Crippen molar-refractivity contribution in [2.45, 2.75) is 30.6 Å². The summed E-state index contributed by atoms with van der Waals surface area (Å²) in [6, 6.07) is 10.7. The zero-order valence-electron chi connectivity index (χ0n) is 17.0. The van der Waals surface area contributed by atoms with Gasteiger partial charge in [0.05, 0.1) is 0 Å². The summed E-state index contributed by atoms with van der Waals surface area (Å²) in [6.07, 6.45) is 14.4. The molecule has 0 saturated carbocycles. The molecule has 4 nitrogen and oxygen atoms in total. The van der Waals surface area contributed by atoms with Gasteiger partial charge < -0.3 is 14.4 Å². The molecule has 0 amide bonds. The quantitative estimate of drug-likeness (QED) is 0.436. The van der Waals surface area contributed by atoms with Crippen LogP contribution in [0, 0.1) is 0 Å². The molecule has 4 rings (SSSR count). The van der Waals surface area contributed by atoms with Gasteiger partial charge in [0.2, 0.25) is 5.88 Å². The predicted octanol–water partition coefficient (Wildman–Crippen LogP) is 5.14. The molecule has 0 aromatic heterocycles. The molecule has 3 aliphatic rings. The molecule has 1 saturated heterocycles. The summed E-state index contributed by atoms with van der Waals surface area (Å²) in [5, 5.41) is 0. The molecule has 1 aliphatic carbocycles. The lowest BCUT2D eigenvalue weighted by Gasteiger charge is -2.36. The minimum atomic E-state index is 0.836. The summed E-state index contributed by atoms with van der Waals surface area (Å²) >= 11 is 1.95. The van der Waals surface area contributed by atoms with E-state index in [0.717, 1.165) is 63.6 Å². The van der Waals surface area contributed by atoms with Gasteiger partial charge in [0.15, 0.2) is 6.26 Å². The third-order valence-corrected chi connectivity index (χ3v) is 6.54. The molecular weight excluding hydrogens is 380 g/mol. The molecule has 0 atom stereocenters. The second-order valence-electron chi connectivity index (χ2n) is 7.59. The Morgan fingerprint density at radius 3 is 2.55 bits per heavy atom. The standard InChI is InChI=1S/C24H30N2O2S/c1-3-8-21(9-4-1)18-22-19-28-24(20-27-22)26-15-13-25(14-16-26)12-7-17-29-23-10-5-2-6-11-23/h1-3,5-6,8,10-11,19-20H,4,7,9,12-18H2. The third-order valence-electron chi connectivity index (χ3n) is 5.44. The molecule has 2 aliphatic heterocycles. The summed E-state index contributed by atoms with van der Waals surface area (Å²) in [7, 11) is 0. The van der Waals surface area contributed by atoms with E-state index in [9.17, 15) is 0 Å². The summed E-state index contributed by atoms with van der Waals surface area (Å²) < 4.78 is 11.7. The molecule has 29 heavy (non-hydrogen) atoms. The zero-order valence-corrected chi connectivity index (χ0v) is 17.8. The number of nitrogens with zero attached hydrogens (tertiary/aromatic N) is 2. The Morgan fingerprint density at radius 1 is 0.966 bits per heavy atom. The minimum absolute atomic E-state index is 0.836. The molecule has 5 heteroatoms. The number of hydrogen-bond donors (Lipinski definition) is 0. The lowest BCUT2D eigenvalue weighted by Crippen LogP contribution is -2.46. The molecule has 0 bridgehead atoms. The van der Waals surface area contributed by atoms with Gasteiger partial charge in [-0.3, -0.25) is 4.90 Å². The van der Waals surface area contributed by atoms with E-state index in [0.29, 0.717) is 0 Å². The van der Waals surface area contributed by atoms with Crippen LogP contribution in [-0.4, -0.2) is 48.3 Å². The van der Waals surface area contributed by atoms with Crippen molar-refractivity contribution in [3.8, 4) is 0 Å². The fourth-order valence-electron chi connectivity index (χ4n) is 3.75. The van der Waals surface area contributed by atoms with E-state index in [-0.39, 0.29) is 0 Å². The third kappa shape index (κ3) is 6.18. The molecule has 0 unspecified atom stereocenters. The molecule has 154 valence electrons. The maximum atomic E-state index is 5.89. The van der Waals surface area contributed by atoms with Gasteiger partial charge in [0.25, 0.3) is 0 Å². The van der Waals surface area contributed by atoms with Crippen LogP contribution >= 0.6 is 11.8 Å². The van der Waals surface area contributed by atoms with Crippen LogP contribution in [0.3, 0.4) is 0 Å². The predicted molar refractivity (Wildman–Crippen MR) is 119 cm³/mol. The first-order chi connectivity index (χ1) is 14.4. The monoisotopic (exact) mass is 410 g/mol. The highest BCUT2D eigenvalue weighted by molar-refractivity contribution is 7.99. The van der Waals surface area contributed by atoms with E-state index < -0.39 is 0 Å². The lowest BCUT2D eigenvalue weighted by atomic mass is 10.0. The van der Waals surface area contributed by atoms with Crippen LogP contribution in [0.4, 0.5) is 0 Å². The number of thioether (sulfide) groups is 1. The molecule has 1 aromatic carbocycles. The van der Waals surface area contributed by atoms with Crippen molar-refractivity contribution < 1.29 is 9.47 Å². The van der Waals surface area contributed by atoms with Crippen molar-refractivity contribution in [1.82, 2.24) is 9.80 Å². The van der Waals surface area contributed by atoms with Gasteiger partial charge >= 0.3 is 0 Å². The number of allylic oxidation sites excluding steroid dienone is 4. The van der Waals surface area contributed by atoms with Crippen LogP contribution in [0.1, 0.15) is 25.7 Å². The van der Waals surface area contributed by atoms with E-state index in [1.54, 1.807) is 12.5 Å². The van der Waals surface area contributed by atoms with Crippen LogP contribution in [0.15, 0.2) is 83.2 Å². The average molecular weight is 411 g/mol. The second-order valence-corrected chi connectivity index (χ2v) is 8.76. The Morgan fingerprint density at radius 2 is 1.83 bits per heavy atom. The van der Waals surface area contributed by atoms with Gasteiger partial charge in [-0.05, 0) is 43.7 Å². The van der Waals surface area contributed by atoms with Crippen molar-refractivity contribution in [1.29, 1.82) is 0 Å². The fraction of sp³-hybridized carbons (Fsp3) is 0.417. The van der Waals surface area contributed by atoms with Crippen LogP contribution in [0.2, 0.25) is 0 Å². The Kier molecular flexibility index (Phi) is 7.38. The Balaban J connectivity index is 1.13. The van der Waals surface area contributed by atoms with Gasteiger partial charge in [-0.25, -0.2) is 0 Å². The second kappa shape index (κ2) is 10.6. The largest absolute Gasteiger partial charge is 0.460 e. The number of hydrogen-bond acceptors (Lipinski definition) is 5. The van der Waals surface area contributed by atoms with E-state index in [4.69, 9.17) is 9.47 Å². The molecule has 0 radical (unpaired) electrons. The highest BCUT2D eigenvalue weighted by atomic mass is 32.2. The molecule has 0 N–H and O–H groups in total. The smallest absolute Gasteiger partial charge is 0.231 e. The van der Waals surface area contributed by atoms with Crippen LogP contribution < -0.4 is 0 Å². The minimum Gasteiger partial charge on any atom is -0.460 e. The summed E-state index contributed by atoms with van der Waals surface area (Å²) in [5.74, 6) is 2.90. The highest BCUT2D eigenvalue weighted by Crippen LogP contribution is 2.25. The first-order valence-corrected chi connectivity index (χ1v) is 11.6. The van der Waals surface area contributed by atoms with Gasteiger partial charge in [-0.15, -0.1) is 11.8 Å². The molecule has 0 spiro atoms. The first-order valence-electron chi connectivity index (χ1n) is 10.6. The van der Waals surface area contributed by atoms with E-state index in [1.807, 2.05) is 11.8 Å². The Bertz CT molecular complexity index is 777. The summed E-state index contributed by atoms with van der Waals surface area (Å²) in [6.45, 7) is 5.29. The summed E-state index contributed by atoms with van der Waals surface area (Å²) in [4.78, 5) is 6.20. The van der Waals surface area contributed by atoms with Crippen molar-refractivity contribution >= 4 is 11.8 Å². The van der Waals surface area contributed by atoms with Crippen molar-refractivity contribution in [2.24, 2.45) is 0 Å². The van der Waals surface area contributed by atoms with Gasteiger partial charge in [0, 0.05) is 37.5 Å².